The van der Waals surface area contributed by atoms with E-state index in [0.717, 1.165) is 42.7 Å². The van der Waals surface area contributed by atoms with Gasteiger partial charge in [0.15, 0.2) is 0 Å². The van der Waals surface area contributed by atoms with Crippen molar-refractivity contribution in [3.05, 3.63) is 62.8 Å². The second-order valence-electron chi connectivity index (χ2n) is 8.57. The number of fused-ring (bicyclic) bond motifs is 3. The Morgan fingerprint density at radius 1 is 1.24 bits per heavy atom. The van der Waals surface area contributed by atoms with Gasteiger partial charge in [0.25, 0.3) is 5.56 Å². The zero-order chi connectivity index (χ0) is 22.9. The number of thiophene rings is 1. The first-order valence-corrected chi connectivity index (χ1v) is 12.3. The van der Waals surface area contributed by atoms with E-state index in [1.807, 2.05) is 6.92 Å². The predicted molar refractivity (Wildman–Crippen MR) is 125 cm³/mol. The van der Waals surface area contributed by atoms with Gasteiger partial charge in [-0.3, -0.25) is 14.3 Å². The molecule has 0 radical (unpaired) electrons. The molecule has 1 aromatic carbocycles. The van der Waals surface area contributed by atoms with Crippen LogP contribution in [0.4, 0.5) is 9.18 Å². The quantitative estimate of drug-likeness (QED) is 0.586. The lowest BCUT2D eigenvalue weighted by Gasteiger charge is -2.40. The zero-order valence-corrected chi connectivity index (χ0v) is 19.4. The summed E-state index contributed by atoms with van der Waals surface area (Å²) < 4.78 is 20.7. The van der Waals surface area contributed by atoms with E-state index in [1.165, 1.54) is 21.8 Å². The highest BCUT2D eigenvalue weighted by Gasteiger charge is 2.31. The van der Waals surface area contributed by atoms with E-state index < -0.39 is 0 Å². The fraction of sp³-hybridized carbons (Fsp3) is 0.458. The van der Waals surface area contributed by atoms with Crippen molar-refractivity contribution >= 4 is 27.6 Å². The molecule has 1 aliphatic carbocycles. The van der Waals surface area contributed by atoms with E-state index in [9.17, 15) is 14.0 Å². The van der Waals surface area contributed by atoms with Gasteiger partial charge in [0.05, 0.1) is 24.9 Å². The van der Waals surface area contributed by atoms with Gasteiger partial charge < -0.3 is 9.64 Å². The van der Waals surface area contributed by atoms with Crippen molar-refractivity contribution in [2.24, 2.45) is 0 Å². The number of benzene rings is 1. The molecule has 1 saturated heterocycles. The number of ether oxygens (including phenoxy) is 1. The number of halogens is 1. The summed E-state index contributed by atoms with van der Waals surface area (Å²) in [7, 11) is 0. The molecule has 1 atom stereocenters. The molecule has 1 amide bonds. The van der Waals surface area contributed by atoms with Crippen molar-refractivity contribution in [1.29, 1.82) is 0 Å². The normalized spacial score (nSPS) is 19.0. The maximum Gasteiger partial charge on any atom is 0.409 e. The maximum absolute atomic E-state index is 14.1. The van der Waals surface area contributed by atoms with Gasteiger partial charge in [-0.15, -0.1) is 11.3 Å². The van der Waals surface area contributed by atoms with Gasteiger partial charge in [-0.2, -0.15) is 0 Å². The van der Waals surface area contributed by atoms with Crippen LogP contribution in [0.15, 0.2) is 35.4 Å². The summed E-state index contributed by atoms with van der Waals surface area (Å²) in [5, 5.41) is 0.694. The van der Waals surface area contributed by atoms with Crippen molar-refractivity contribution in [3.63, 3.8) is 0 Å². The van der Waals surface area contributed by atoms with Crippen molar-refractivity contribution in [1.82, 2.24) is 19.4 Å². The van der Waals surface area contributed by atoms with E-state index in [4.69, 9.17) is 4.74 Å². The fourth-order valence-electron chi connectivity index (χ4n) is 4.90. The molecule has 2 aromatic heterocycles. The number of amides is 1. The van der Waals surface area contributed by atoms with E-state index >= 15 is 0 Å². The topological polar surface area (TPSA) is 67.7 Å². The summed E-state index contributed by atoms with van der Waals surface area (Å²) in [5.74, 6) is -0.317. The van der Waals surface area contributed by atoms with E-state index in [1.54, 1.807) is 34.4 Å². The molecule has 33 heavy (non-hydrogen) atoms. The van der Waals surface area contributed by atoms with Gasteiger partial charge in [-0.25, -0.2) is 14.2 Å². The molecule has 3 aromatic rings. The standard InChI is InChI=1S/C24H27FN4O3S/c1-2-32-24(31)28-11-9-27(10-12-28)17-7-8-18-20(13-17)33-22-21(18)23(30)29(15-26-22)14-16-5-3-4-6-19(16)25/h3-6,15,17H,2,7-14H2,1H3. The summed E-state index contributed by atoms with van der Waals surface area (Å²) in [6.07, 6.45) is 4.00. The molecule has 1 aliphatic heterocycles. The smallest absolute Gasteiger partial charge is 0.409 e. The minimum absolute atomic E-state index is 0.0951. The van der Waals surface area contributed by atoms with E-state index in [0.29, 0.717) is 36.7 Å². The van der Waals surface area contributed by atoms with Crippen LogP contribution in [0, 0.1) is 5.82 Å². The van der Waals surface area contributed by atoms with Crippen LogP contribution in [0.5, 0.6) is 0 Å². The molecule has 9 heteroatoms. The van der Waals surface area contributed by atoms with Crippen LogP contribution in [-0.4, -0.2) is 64.3 Å². The number of hydrogen-bond acceptors (Lipinski definition) is 6. The van der Waals surface area contributed by atoms with Crippen LogP contribution < -0.4 is 5.56 Å². The second kappa shape index (κ2) is 9.23. The molecular weight excluding hydrogens is 443 g/mol. The number of aromatic nitrogens is 2. The Morgan fingerprint density at radius 3 is 2.79 bits per heavy atom. The Morgan fingerprint density at radius 2 is 2.03 bits per heavy atom. The summed E-state index contributed by atoms with van der Waals surface area (Å²) >= 11 is 1.60. The number of rotatable bonds is 4. The largest absolute Gasteiger partial charge is 0.450 e. The molecule has 2 aliphatic rings. The number of carbonyl (C=O) groups excluding carboxylic acids is 1. The Hall–Kier alpha value is -2.78. The fourth-order valence-corrected chi connectivity index (χ4v) is 6.15. The average Bonchev–Trinajstić information content (AvgIpc) is 3.21. The molecular formula is C24H27FN4O3S. The van der Waals surface area contributed by atoms with Crippen molar-refractivity contribution < 1.29 is 13.9 Å². The second-order valence-corrected chi connectivity index (χ2v) is 9.66. The highest BCUT2D eigenvalue weighted by Crippen LogP contribution is 2.35. The number of carbonyl (C=O) groups is 1. The molecule has 0 N–H and O–H groups in total. The summed E-state index contributed by atoms with van der Waals surface area (Å²) in [6.45, 7) is 5.41. The van der Waals surface area contributed by atoms with Crippen LogP contribution in [-0.2, 0) is 24.1 Å². The Kier molecular flexibility index (Phi) is 6.16. The lowest BCUT2D eigenvalue weighted by atomic mass is 9.91. The molecule has 0 saturated carbocycles. The number of aryl methyl sites for hydroxylation is 1. The van der Waals surface area contributed by atoms with Gasteiger partial charge in [-0.1, -0.05) is 18.2 Å². The molecule has 5 rings (SSSR count). The third kappa shape index (κ3) is 4.27. The molecule has 7 nitrogen and oxygen atoms in total. The minimum atomic E-state index is -0.317. The van der Waals surface area contributed by atoms with Crippen LogP contribution in [0.2, 0.25) is 0 Å². The first-order valence-electron chi connectivity index (χ1n) is 11.4. The summed E-state index contributed by atoms with van der Waals surface area (Å²) in [4.78, 5) is 36.0. The average molecular weight is 471 g/mol. The summed E-state index contributed by atoms with van der Waals surface area (Å²) in [6, 6.07) is 6.92. The van der Waals surface area contributed by atoms with Crippen LogP contribution in [0.1, 0.15) is 29.3 Å². The van der Waals surface area contributed by atoms with E-state index in [2.05, 4.69) is 9.88 Å². The van der Waals surface area contributed by atoms with Crippen LogP contribution in [0.3, 0.4) is 0 Å². The SMILES string of the molecule is CCOC(=O)N1CCN(C2CCc3c(sc4ncn(Cc5ccccc5F)c(=O)c34)C2)CC1. The van der Waals surface area contributed by atoms with Crippen molar-refractivity contribution in [2.45, 2.75) is 38.8 Å². The highest BCUT2D eigenvalue weighted by atomic mass is 32.1. The number of nitrogens with zero attached hydrogens (tertiary/aromatic N) is 4. The lowest BCUT2D eigenvalue weighted by molar-refractivity contribution is 0.0635. The van der Waals surface area contributed by atoms with Gasteiger partial charge in [0.1, 0.15) is 10.6 Å². The lowest BCUT2D eigenvalue weighted by Crippen LogP contribution is -2.53. The summed E-state index contributed by atoms with van der Waals surface area (Å²) in [5.41, 5.74) is 1.49. The zero-order valence-electron chi connectivity index (χ0n) is 18.6. The van der Waals surface area contributed by atoms with Crippen LogP contribution in [0.25, 0.3) is 10.2 Å². The molecule has 3 heterocycles. The Labute approximate surface area is 195 Å². The number of piperazine rings is 1. The van der Waals surface area contributed by atoms with Crippen LogP contribution >= 0.6 is 11.3 Å². The minimum Gasteiger partial charge on any atom is -0.450 e. The van der Waals surface area contributed by atoms with Gasteiger partial charge in [0.2, 0.25) is 0 Å². The highest BCUT2D eigenvalue weighted by molar-refractivity contribution is 7.18. The van der Waals surface area contributed by atoms with Crippen molar-refractivity contribution in [2.75, 3.05) is 32.8 Å². The first kappa shape index (κ1) is 22.0. The number of hydrogen-bond donors (Lipinski definition) is 0. The van der Waals surface area contributed by atoms with Crippen molar-refractivity contribution in [3.8, 4) is 0 Å². The first-order chi connectivity index (χ1) is 16.0. The van der Waals surface area contributed by atoms with Gasteiger partial charge in [-0.05, 0) is 37.8 Å². The Balaban J connectivity index is 1.33. The third-order valence-electron chi connectivity index (χ3n) is 6.66. The Bertz CT molecular complexity index is 1230. The predicted octanol–water partition coefficient (Wildman–Crippen LogP) is 3.28. The molecule has 1 fully saturated rings. The monoisotopic (exact) mass is 470 g/mol. The molecule has 174 valence electrons. The van der Waals surface area contributed by atoms with Gasteiger partial charge >= 0.3 is 6.09 Å². The molecule has 0 bridgehead atoms. The maximum atomic E-state index is 14.1. The van der Waals surface area contributed by atoms with Gasteiger partial charge in [0, 0.05) is 42.7 Å². The molecule has 1 unspecified atom stereocenters. The van der Waals surface area contributed by atoms with E-state index in [-0.39, 0.29) is 24.0 Å². The molecule has 0 spiro atoms. The third-order valence-corrected chi connectivity index (χ3v) is 7.83.